The van der Waals surface area contributed by atoms with E-state index in [1.807, 2.05) is 0 Å². The average Bonchev–Trinajstić information content (AvgIpc) is 2.57. The first-order valence-electron chi connectivity index (χ1n) is 5.86. The predicted molar refractivity (Wildman–Crippen MR) is 60.3 cm³/mol. The maximum atomic E-state index is 6.05. The van der Waals surface area contributed by atoms with Crippen LogP contribution in [0, 0.1) is 0 Å². The summed E-state index contributed by atoms with van der Waals surface area (Å²) < 4.78 is 5.60. The van der Waals surface area contributed by atoms with Gasteiger partial charge in [-0.1, -0.05) is 6.07 Å². The number of benzene rings is 1. The Labute approximate surface area is 90.4 Å². The predicted octanol–water partition coefficient (Wildman–Crippen LogP) is 1.83. The third kappa shape index (κ3) is 1.63. The molecule has 1 atom stereocenters. The van der Waals surface area contributed by atoms with Crippen molar-refractivity contribution in [3.8, 4) is 5.75 Å². The summed E-state index contributed by atoms with van der Waals surface area (Å²) in [6.07, 6.45) is 5.67. The second-order valence-electron chi connectivity index (χ2n) is 4.68. The van der Waals surface area contributed by atoms with Crippen molar-refractivity contribution in [2.24, 2.45) is 5.73 Å². The first-order chi connectivity index (χ1) is 7.33. The molecule has 1 heterocycles. The van der Waals surface area contributed by atoms with Crippen LogP contribution < -0.4 is 10.5 Å². The maximum absolute atomic E-state index is 6.05. The molecular weight excluding hydrogens is 186 g/mol. The minimum Gasteiger partial charge on any atom is -0.493 e. The number of fused-ring (bicyclic) bond motifs is 2. The molecule has 0 saturated heterocycles. The Kier molecular flexibility index (Phi) is 2.17. The first-order valence-corrected chi connectivity index (χ1v) is 5.86. The molecule has 0 spiro atoms. The van der Waals surface area contributed by atoms with Gasteiger partial charge in [0.25, 0.3) is 0 Å². The van der Waals surface area contributed by atoms with Gasteiger partial charge >= 0.3 is 0 Å². The van der Waals surface area contributed by atoms with Crippen LogP contribution in [0.25, 0.3) is 0 Å². The lowest BCUT2D eigenvalue weighted by atomic mass is 9.98. The Morgan fingerprint density at radius 1 is 1.13 bits per heavy atom. The fourth-order valence-corrected chi connectivity index (χ4v) is 2.68. The number of ether oxygens (including phenoxy) is 1. The van der Waals surface area contributed by atoms with Gasteiger partial charge < -0.3 is 10.5 Å². The maximum Gasteiger partial charge on any atom is 0.122 e. The molecule has 1 aromatic rings. The molecule has 0 aromatic heterocycles. The number of aryl methyl sites for hydroxylation is 1. The van der Waals surface area contributed by atoms with Gasteiger partial charge in [0, 0.05) is 12.5 Å². The van der Waals surface area contributed by atoms with E-state index in [9.17, 15) is 0 Å². The second-order valence-corrected chi connectivity index (χ2v) is 4.68. The molecule has 1 aromatic carbocycles. The van der Waals surface area contributed by atoms with Crippen molar-refractivity contribution in [3.63, 3.8) is 0 Å². The number of nitrogens with two attached hydrogens (primary N) is 1. The lowest BCUT2D eigenvalue weighted by Crippen LogP contribution is -2.21. The normalized spacial score (nSPS) is 23.9. The van der Waals surface area contributed by atoms with Gasteiger partial charge in [-0.2, -0.15) is 0 Å². The number of hydrogen-bond acceptors (Lipinski definition) is 2. The van der Waals surface area contributed by atoms with Crippen LogP contribution in [0.5, 0.6) is 5.75 Å². The highest BCUT2D eigenvalue weighted by molar-refractivity contribution is 5.45. The van der Waals surface area contributed by atoms with E-state index in [1.54, 1.807) is 0 Å². The third-order valence-corrected chi connectivity index (χ3v) is 3.51. The summed E-state index contributed by atoms with van der Waals surface area (Å²) in [4.78, 5) is 0. The molecule has 0 amide bonds. The van der Waals surface area contributed by atoms with Crippen molar-refractivity contribution in [1.82, 2.24) is 0 Å². The molecule has 2 heteroatoms. The number of hydrogen-bond donors (Lipinski definition) is 1. The van der Waals surface area contributed by atoms with E-state index in [4.69, 9.17) is 10.5 Å². The SMILES string of the molecule is NC1CCCc2cc3c(cc2C1)OCC3. The summed E-state index contributed by atoms with van der Waals surface area (Å²) in [6, 6.07) is 4.91. The molecule has 0 saturated carbocycles. The smallest absolute Gasteiger partial charge is 0.122 e. The van der Waals surface area contributed by atoms with Gasteiger partial charge in [-0.25, -0.2) is 0 Å². The minimum atomic E-state index is 0.339. The van der Waals surface area contributed by atoms with Crippen molar-refractivity contribution in [1.29, 1.82) is 0 Å². The van der Waals surface area contributed by atoms with Crippen LogP contribution in [0.1, 0.15) is 29.5 Å². The van der Waals surface area contributed by atoms with Crippen LogP contribution in [-0.2, 0) is 19.3 Å². The van der Waals surface area contributed by atoms with Gasteiger partial charge in [0.05, 0.1) is 6.61 Å². The van der Waals surface area contributed by atoms with E-state index in [2.05, 4.69) is 12.1 Å². The van der Waals surface area contributed by atoms with E-state index < -0.39 is 0 Å². The van der Waals surface area contributed by atoms with Crippen LogP contribution in [0.3, 0.4) is 0 Å². The van der Waals surface area contributed by atoms with Crippen LogP contribution in [0.15, 0.2) is 12.1 Å². The molecule has 1 aliphatic heterocycles. The molecule has 2 aliphatic rings. The summed E-state index contributed by atoms with van der Waals surface area (Å²) in [5, 5.41) is 0. The van der Waals surface area contributed by atoms with E-state index in [0.29, 0.717) is 6.04 Å². The topological polar surface area (TPSA) is 35.2 Å². The fraction of sp³-hybridized carbons (Fsp3) is 0.538. The van der Waals surface area contributed by atoms with Crippen molar-refractivity contribution >= 4 is 0 Å². The van der Waals surface area contributed by atoms with Crippen LogP contribution in [-0.4, -0.2) is 12.6 Å². The van der Waals surface area contributed by atoms with E-state index in [-0.39, 0.29) is 0 Å². The monoisotopic (exact) mass is 203 g/mol. The van der Waals surface area contributed by atoms with Gasteiger partial charge in [0.2, 0.25) is 0 Å². The molecule has 3 rings (SSSR count). The van der Waals surface area contributed by atoms with Gasteiger partial charge in [-0.3, -0.25) is 0 Å². The molecule has 1 aliphatic carbocycles. The van der Waals surface area contributed by atoms with Crippen molar-refractivity contribution in [3.05, 3.63) is 28.8 Å². The van der Waals surface area contributed by atoms with Crippen molar-refractivity contribution in [2.75, 3.05) is 6.61 Å². The third-order valence-electron chi connectivity index (χ3n) is 3.51. The van der Waals surface area contributed by atoms with Crippen LogP contribution in [0.2, 0.25) is 0 Å². The zero-order chi connectivity index (χ0) is 10.3. The average molecular weight is 203 g/mol. The van der Waals surface area contributed by atoms with E-state index in [1.165, 1.54) is 29.5 Å². The van der Waals surface area contributed by atoms with Gasteiger partial charge in [-0.05, 0) is 48.4 Å². The Morgan fingerprint density at radius 3 is 3.00 bits per heavy atom. The van der Waals surface area contributed by atoms with Crippen LogP contribution >= 0.6 is 0 Å². The molecular formula is C13H17NO. The lowest BCUT2D eigenvalue weighted by molar-refractivity contribution is 0.356. The second kappa shape index (κ2) is 3.53. The highest BCUT2D eigenvalue weighted by Crippen LogP contribution is 2.31. The van der Waals surface area contributed by atoms with Crippen molar-refractivity contribution in [2.45, 2.75) is 38.1 Å². The molecule has 2 N–H and O–H groups in total. The van der Waals surface area contributed by atoms with E-state index in [0.717, 1.165) is 31.6 Å². The molecule has 2 nitrogen and oxygen atoms in total. The summed E-state index contributed by atoms with van der Waals surface area (Å²) >= 11 is 0. The highest BCUT2D eigenvalue weighted by atomic mass is 16.5. The van der Waals surface area contributed by atoms with Gasteiger partial charge in [0.1, 0.15) is 5.75 Å². The Bertz CT molecular complexity index is 386. The zero-order valence-electron chi connectivity index (χ0n) is 8.96. The quantitative estimate of drug-likeness (QED) is 0.653. The molecule has 15 heavy (non-hydrogen) atoms. The largest absolute Gasteiger partial charge is 0.493 e. The summed E-state index contributed by atoms with van der Waals surface area (Å²) in [7, 11) is 0. The van der Waals surface area contributed by atoms with Crippen LogP contribution in [0.4, 0.5) is 0 Å². The minimum absolute atomic E-state index is 0.339. The standard InChI is InChI=1S/C13H17NO/c14-12-3-1-2-9-6-10-4-5-15-13(10)8-11(9)7-12/h6,8,12H,1-5,7,14H2. The Morgan fingerprint density at radius 2 is 2.07 bits per heavy atom. The molecule has 80 valence electrons. The van der Waals surface area contributed by atoms with Gasteiger partial charge in [-0.15, -0.1) is 0 Å². The Hall–Kier alpha value is -1.02. The summed E-state index contributed by atoms with van der Waals surface area (Å²) in [6.45, 7) is 0.851. The lowest BCUT2D eigenvalue weighted by Gasteiger charge is -2.10. The summed E-state index contributed by atoms with van der Waals surface area (Å²) in [5.41, 5.74) is 10.4. The molecule has 0 bridgehead atoms. The molecule has 0 fully saturated rings. The number of rotatable bonds is 0. The zero-order valence-corrected chi connectivity index (χ0v) is 8.96. The van der Waals surface area contributed by atoms with Gasteiger partial charge in [0.15, 0.2) is 0 Å². The highest BCUT2D eigenvalue weighted by Gasteiger charge is 2.19. The first kappa shape index (κ1) is 9.22. The summed E-state index contributed by atoms with van der Waals surface area (Å²) in [5.74, 6) is 1.10. The van der Waals surface area contributed by atoms with E-state index >= 15 is 0 Å². The molecule has 1 unspecified atom stereocenters. The van der Waals surface area contributed by atoms with Crippen molar-refractivity contribution < 1.29 is 4.74 Å². The fourth-order valence-electron chi connectivity index (χ4n) is 2.68. The molecule has 0 radical (unpaired) electrons. The Balaban J connectivity index is 2.03.